The Bertz CT molecular complexity index is 477. The first-order valence-electron chi connectivity index (χ1n) is 5.38. The Kier molecular flexibility index (Phi) is 3.18. The van der Waals surface area contributed by atoms with Gasteiger partial charge in [0.05, 0.1) is 5.71 Å². The van der Waals surface area contributed by atoms with E-state index in [0.717, 1.165) is 17.0 Å². The minimum absolute atomic E-state index is 0.0522. The molecule has 0 aromatic heterocycles. The van der Waals surface area contributed by atoms with Gasteiger partial charge in [0.1, 0.15) is 0 Å². The van der Waals surface area contributed by atoms with E-state index >= 15 is 0 Å². The van der Waals surface area contributed by atoms with E-state index in [1.54, 1.807) is 0 Å². The molecule has 0 unspecified atom stereocenters. The first kappa shape index (κ1) is 11.3. The molecule has 88 valence electrons. The van der Waals surface area contributed by atoms with E-state index < -0.39 is 0 Å². The van der Waals surface area contributed by atoms with E-state index in [1.165, 1.54) is 6.92 Å². The lowest BCUT2D eigenvalue weighted by atomic mass is 10.0. The van der Waals surface area contributed by atoms with Crippen molar-refractivity contribution in [1.82, 2.24) is 5.43 Å². The van der Waals surface area contributed by atoms with Crippen LogP contribution in [0, 0.1) is 0 Å². The molecular formula is C12H13N3O2. The van der Waals surface area contributed by atoms with Crippen molar-refractivity contribution in [2.75, 3.05) is 5.32 Å². The van der Waals surface area contributed by atoms with Crippen LogP contribution in [0.25, 0.3) is 0 Å². The molecule has 2 N–H and O–H groups in total. The summed E-state index contributed by atoms with van der Waals surface area (Å²) < 4.78 is 0. The molecule has 2 amide bonds. The van der Waals surface area contributed by atoms with Crippen molar-refractivity contribution >= 4 is 23.2 Å². The normalized spacial score (nSPS) is 14.9. The summed E-state index contributed by atoms with van der Waals surface area (Å²) in [7, 11) is 0. The van der Waals surface area contributed by atoms with Crippen LogP contribution < -0.4 is 10.7 Å². The van der Waals surface area contributed by atoms with Gasteiger partial charge in [-0.3, -0.25) is 9.59 Å². The molecule has 1 aliphatic rings. The Morgan fingerprint density at radius 3 is 2.53 bits per heavy atom. The van der Waals surface area contributed by atoms with Gasteiger partial charge in [0, 0.05) is 25.5 Å². The number of amides is 2. The first-order chi connectivity index (χ1) is 8.15. The molecule has 0 saturated heterocycles. The summed E-state index contributed by atoms with van der Waals surface area (Å²) in [5.41, 5.74) is 5.03. The molecular weight excluding hydrogens is 218 g/mol. The summed E-state index contributed by atoms with van der Waals surface area (Å²) >= 11 is 0. The predicted molar refractivity (Wildman–Crippen MR) is 64.7 cm³/mol. The topological polar surface area (TPSA) is 70.6 Å². The van der Waals surface area contributed by atoms with Gasteiger partial charge in [-0.2, -0.15) is 5.10 Å². The summed E-state index contributed by atoms with van der Waals surface area (Å²) in [4.78, 5) is 21.8. The average Bonchev–Trinajstić information content (AvgIpc) is 2.30. The van der Waals surface area contributed by atoms with Gasteiger partial charge in [0.2, 0.25) is 11.8 Å². The number of hydrogen-bond donors (Lipinski definition) is 2. The highest BCUT2D eigenvalue weighted by Gasteiger charge is 2.12. The maximum atomic E-state index is 10.9. The molecule has 0 spiro atoms. The number of carbonyl (C=O) groups is 2. The number of carbonyl (C=O) groups excluding carboxylic acids is 2. The zero-order valence-electron chi connectivity index (χ0n) is 9.49. The molecule has 17 heavy (non-hydrogen) atoms. The van der Waals surface area contributed by atoms with E-state index in [4.69, 9.17) is 0 Å². The summed E-state index contributed by atoms with van der Waals surface area (Å²) in [5, 5.41) is 6.69. The fraction of sp³-hybridized carbons (Fsp3) is 0.250. The average molecular weight is 231 g/mol. The standard InChI is InChI=1S/C12H13N3O2/c1-8(16)13-10-4-2-9(3-5-10)11-6-7-12(17)15-14-11/h2-5H,6-7H2,1H3,(H,13,16)(H,15,17). The van der Waals surface area contributed by atoms with Crippen LogP contribution in [0.5, 0.6) is 0 Å². The number of rotatable bonds is 2. The molecule has 1 aliphatic heterocycles. The maximum absolute atomic E-state index is 10.9. The molecule has 0 bridgehead atoms. The molecule has 0 fully saturated rings. The largest absolute Gasteiger partial charge is 0.326 e. The van der Waals surface area contributed by atoms with Crippen LogP contribution in [0.2, 0.25) is 0 Å². The highest BCUT2D eigenvalue weighted by molar-refractivity contribution is 6.04. The van der Waals surface area contributed by atoms with Gasteiger partial charge >= 0.3 is 0 Å². The third-order valence-electron chi connectivity index (χ3n) is 2.44. The molecule has 1 aromatic carbocycles. The Balaban J connectivity index is 2.12. The number of hydrazone groups is 1. The van der Waals surface area contributed by atoms with Crippen molar-refractivity contribution in [2.45, 2.75) is 19.8 Å². The van der Waals surface area contributed by atoms with Crippen molar-refractivity contribution in [1.29, 1.82) is 0 Å². The van der Waals surface area contributed by atoms with Crippen molar-refractivity contribution in [3.63, 3.8) is 0 Å². The van der Waals surface area contributed by atoms with Gasteiger partial charge in [-0.05, 0) is 17.7 Å². The fourth-order valence-electron chi connectivity index (χ4n) is 1.63. The summed E-state index contributed by atoms with van der Waals surface area (Å²) in [6.45, 7) is 1.47. The van der Waals surface area contributed by atoms with Crippen LogP contribution in [-0.4, -0.2) is 17.5 Å². The minimum atomic E-state index is -0.0972. The number of anilines is 1. The monoisotopic (exact) mass is 231 g/mol. The number of nitrogens with one attached hydrogen (secondary N) is 2. The zero-order valence-corrected chi connectivity index (χ0v) is 9.49. The van der Waals surface area contributed by atoms with Crippen LogP contribution in [-0.2, 0) is 9.59 Å². The van der Waals surface area contributed by atoms with E-state index in [0.29, 0.717) is 12.8 Å². The zero-order chi connectivity index (χ0) is 12.3. The smallest absolute Gasteiger partial charge is 0.240 e. The van der Waals surface area contributed by atoms with E-state index in [-0.39, 0.29) is 11.8 Å². The van der Waals surface area contributed by atoms with Gasteiger partial charge in [0.25, 0.3) is 0 Å². The molecule has 0 aliphatic carbocycles. The SMILES string of the molecule is CC(=O)Nc1ccc(C2=NNC(=O)CC2)cc1. The summed E-state index contributed by atoms with van der Waals surface area (Å²) in [6, 6.07) is 7.38. The molecule has 5 heteroatoms. The van der Waals surface area contributed by atoms with Crippen molar-refractivity contribution in [3.8, 4) is 0 Å². The van der Waals surface area contributed by atoms with Crippen LogP contribution in [0.4, 0.5) is 5.69 Å². The van der Waals surface area contributed by atoms with Gasteiger partial charge in [-0.1, -0.05) is 12.1 Å². The molecule has 0 radical (unpaired) electrons. The Morgan fingerprint density at radius 2 is 2.00 bits per heavy atom. The third kappa shape index (κ3) is 2.90. The van der Waals surface area contributed by atoms with Crippen molar-refractivity contribution < 1.29 is 9.59 Å². The molecule has 1 aromatic rings. The van der Waals surface area contributed by atoms with Crippen molar-refractivity contribution in [3.05, 3.63) is 29.8 Å². The lowest BCUT2D eigenvalue weighted by Crippen LogP contribution is -2.25. The second-order valence-corrected chi connectivity index (χ2v) is 3.85. The Labute approximate surface area is 98.9 Å². The molecule has 1 heterocycles. The fourth-order valence-corrected chi connectivity index (χ4v) is 1.63. The molecule has 5 nitrogen and oxygen atoms in total. The summed E-state index contributed by atoms with van der Waals surface area (Å²) in [6.07, 6.45) is 1.11. The van der Waals surface area contributed by atoms with Gasteiger partial charge < -0.3 is 5.32 Å². The number of nitrogens with zero attached hydrogens (tertiary/aromatic N) is 1. The lowest BCUT2D eigenvalue weighted by molar-refractivity contribution is -0.121. The highest BCUT2D eigenvalue weighted by atomic mass is 16.2. The van der Waals surface area contributed by atoms with Crippen molar-refractivity contribution in [2.24, 2.45) is 5.10 Å². The van der Waals surface area contributed by atoms with Crippen LogP contribution in [0.15, 0.2) is 29.4 Å². The Hall–Kier alpha value is -2.17. The molecule has 2 rings (SSSR count). The minimum Gasteiger partial charge on any atom is -0.326 e. The summed E-state index contributed by atoms with van der Waals surface area (Å²) in [5.74, 6) is -0.149. The van der Waals surface area contributed by atoms with Crippen LogP contribution in [0.1, 0.15) is 25.3 Å². The van der Waals surface area contributed by atoms with Gasteiger partial charge in [-0.15, -0.1) is 0 Å². The molecule has 0 atom stereocenters. The number of hydrogen-bond acceptors (Lipinski definition) is 3. The van der Waals surface area contributed by atoms with E-state index in [9.17, 15) is 9.59 Å². The first-order valence-corrected chi connectivity index (χ1v) is 5.38. The van der Waals surface area contributed by atoms with Gasteiger partial charge in [0.15, 0.2) is 0 Å². The maximum Gasteiger partial charge on any atom is 0.240 e. The highest BCUT2D eigenvalue weighted by Crippen LogP contribution is 2.14. The Morgan fingerprint density at radius 1 is 1.29 bits per heavy atom. The van der Waals surface area contributed by atoms with Crippen LogP contribution >= 0.6 is 0 Å². The molecule has 0 saturated carbocycles. The number of benzene rings is 1. The van der Waals surface area contributed by atoms with E-state index in [2.05, 4.69) is 15.8 Å². The predicted octanol–water partition coefficient (Wildman–Crippen LogP) is 1.26. The van der Waals surface area contributed by atoms with Gasteiger partial charge in [-0.25, -0.2) is 5.43 Å². The second kappa shape index (κ2) is 4.78. The lowest BCUT2D eigenvalue weighted by Gasteiger charge is -2.12. The second-order valence-electron chi connectivity index (χ2n) is 3.85. The third-order valence-corrected chi connectivity index (χ3v) is 2.44. The van der Waals surface area contributed by atoms with E-state index in [1.807, 2.05) is 24.3 Å². The quantitative estimate of drug-likeness (QED) is 0.804. The van der Waals surface area contributed by atoms with Crippen LogP contribution in [0.3, 0.4) is 0 Å².